The monoisotopic (exact) mass is 1700 g/mol. The molecule has 26 heteroatoms. The summed E-state index contributed by atoms with van der Waals surface area (Å²) in [7, 11) is -5.81. The molecule has 0 amide bonds. The van der Waals surface area contributed by atoms with Crippen molar-refractivity contribution in [3.05, 3.63) is 36.5 Å². The lowest BCUT2D eigenvalue weighted by atomic mass is 9.84. The van der Waals surface area contributed by atoms with Crippen LogP contribution in [0.4, 0.5) is 0 Å². The SMILES string of the molecule is CCCCCC/C=C\CCCCCCCCCC(=O)OCC1OC(OC2C(OC(=O)CCCCCCCCC/C=C\CCCCCC)C(O)C(O)C(OC3OC(CO)C(O)C(O)C3O)C2OP(=O)(O)OCC(COC(=O)CCCCC/C=C\CCCCCCCC)OC(=O)CCCCCCCCCCCCCCCCCC)C(O)C(O)C1O. The van der Waals surface area contributed by atoms with E-state index in [9.17, 15) is 74.6 Å². The Hall–Kier alpha value is -3.31. The van der Waals surface area contributed by atoms with E-state index in [1.165, 1.54) is 148 Å². The van der Waals surface area contributed by atoms with E-state index >= 15 is 0 Å². The van der Waals surface area contributed by atoms with E-state index in [0.29, 0.717) is 32.1 Å². The van der Waals surface area contributed by atoms with E-state index in [-0.39, 0.29) is 25.7 Å². The maximum Gasteiger partial charge on any atom is 0.472 e. The van der Waals surface area contributed by atoms with E-state index in [4.69, 9.17) is 46.9 Å². The number of allylic oxidation sites excluding steroid dienone is 6. The van der Waals surface area contributed by atoms with Crippen LogP contribution in [0.1, 0.15) is 394 Å². The van der Waals surface area contributed by atoms with E-state index in [0.717, 1.165) is 161 Å². The van der Waals surface area contributed by atoms with E-state index in [1.807, 2.05) is 0 Å². The van der Waals surface area contributed by atoms with Gasteiger partial charge in [0.25, 0.3) is 0 Å². The Balaban J connectivity index is 1.92. The van der Waals surface area contributed by atoms with Gasteiger partial charge in [-0.3, -0.25) is 28.2 Å². The third-order valence-corrected chi connectivity index (χ3v) is 23.8. The van der Waals surface area contributed by atoms with Gasteiger partial charge in [-0.15, -0.1) is 0 Å². The average Bonchev–Trinajstić information content (AvgIpc) is 0.754. The van der Waals surface area contributed by atoms with Gasteiger partial charge < -0.3 is 88.7 Å². The molecule has 0 aromatic rings. The second-order valence-electron chi connectivity index (χ2n) is 33.5. The van der Waals surface area contributed by atoms with Gasteiger partial charge in [-0.2, -0.15) is 0 Å². The number of carbonyl (C=O) groups is 4. The number of phosphoric ester groups is 1. The van der Waals surface area contributed by atoms with Crippen LogP contribution in [-0.2, 0) is 70.7 Å². The van der Waals surface area contributed by atoms with Gasteiger partial charge in [-0.1, -0.05) is 302 Å². The number of carbonyl (C=O) groups excluding carboxylic acids is 4. The lowest BCUT2D eigenvalue weighted by Gasteiger charge is -2.50. The molecular weight excluding hydrogens is 1540 g/mol. The topological polar surface area (TPSA) is 380 Å². The summed E-state index contributed by atoms with van der Waals surface area (Å²) in [5.74, 6) is -2.99. The lowest BCUT2D eigenvalue weighted by Crippen LogP contribution is -2.70. The number of hydrogen-bond donors (Lipinski definition) is 10. The first-order chi connectivity index (χ1) is 57.2. The van der Waals surface area contributed by atoms with E-state index in [1.54, 1.807) is 0 Å². The predicted molar refractivity (Wildman–Crippen MR) is 458 cm³/mol. The first-order valence-corrected chi connectivity index (χ1v) is 48.7. The van der Waals surface area contributed by atoms with Gasteiger partial charge in [-0.05, 0) is 103 Å². The highest BCUT2D eigenvalue weighted by molar-refractivity contribution is 7.47. The van der Waals surface area contributed by atoms with Crippen molar-refractivity contribution in [1.29, 1.82) is 0 Å². The summed E-state index contributed by atoms with van der Waals surface area (Å²) < 4.78 is 73.4. The second-order valence-corrected chi connectivity index (χ2v) is 34.9. The molecule has 10 N–H and O–H groups in total. The highest BCUT2D eigenvalue weighted by atomic mass is 31.2. The first kappa shape index (κ1) is 109. The van der Waals surface area contributed by atoms with Crippen molar-refractivity contribution in [1.82, 2.24) is 0 Å². The van der Waals surface area contributed by atoms with Gasteiger partial charge in [0.2, 0.25) is 0 Å². The van der Waals surface area contributed by atoms with Gasteiger partial charge in [0.05, 0.1) is 13.2 Å². The minimum Gasteiger partial charge on any atom is -0.463 e. The first-order valence-electron chi connectivity index (χ1n) is 47.2. The highest BCUT2D eigenvalue weighted by Crippen LogP contribution is 2.49. The average molecular weight is 1700 g/mol. The van der Waals surface area contributed by atoms with Gasteiger partial charge in [0.1, 0.15) is 92.6 Å². The zero-order valence-electron chi connectivity index (χ0n) is 73.5. The minimum atomic E-state index is -5.81. The van der Waals surface area contributed by atoms with Crippen LogP contribution in [0.3, 0.4) is 0 Å². The number of phosphoric acid groups is 1. The fraction of sp³-hybridized carbons (Fsp3) is 0.891. The van der Waals surface area contributed by atoms with Crippen LogP contribution in [-0.4, -0.2) is 205 Å². The van der Waals surface area contributed by atoms with Crippen LogP contribution < -0.4 is 0 Å². The predicted octanol–water partition coefficient (Wildman–Crippen LogP) is 17.5. The smallest absolute Gasteiger partial charge is 0.463 e. The third kappa shape index (κ3) is 50.6. The molecule has 0 aromatic carbocycles. The molecule has 25 nitrogen and oxygen atoms in total. The molecule has 3 fully saturated rings. The van der Waals surface area contributed by atoms with Crippen molar-refractivity contribution in [2.75, 3.05) is 26.4 Å². The molecule has 0 spiro atoms. The van der Waals surface area contributed by atoms with Gasteiger partial charge in [0.15, 0.2) is 24.8 Å². The zero-order valence-corrected chi connectivity index (χ0v) is 74.4. The standard InChI is InChI=1S/C92H167O25P/c1-5-9-13-17-21-25-29-33-36-39-43-46-50-54-58-62-66-77(96)111-72(69-108-75(94)64-60-56-52-48-44-40-32-28-24-20-16-12-8-4)70-110-118(106,107)117-90-88(115-91-85(104)81(100)79(98)73(68-93)112-91)84(103)83(102)87(114-78(97)67-63-59-55-51-47-42-38-35-31-27-23-19-15-11-7-3)89(90)116-92-86(105)82(101)80(99)74(113-92)71-109-76(95)65-61-57-53-49-45-41-37-34-30-26-22-18-14-10-6-2/h26-27,30-31,40,44,72-74,79-93,98-105H,5-25,28-29,32-39,41-43,45-71H2,1-4H3,(H,106,107)/b30-26-,31-27-,44-40-. The number of rotatable bonds is 76. The summed E-state index contributed by atoms with van der Waals surface area (Å²) in [6.45, 7) is 5.55. The maximum atomic E-state index is 14.9. The van der Waals surface area contributed by atoms with Crippen LogP contribution >= 0.6 is 7.82 Å². The van der Waals surface area contributed by atoms with Gasteiger partial charge in [-0.25, -0.2) is 4.57 Å². The molecule has 0 radical (unpaired) electrons. The number of ether oxygens (including phenoxy) is 8. The van der Waals surface area contributed by atoms with Crippen LogP contribution in [0.5, 0.6) is 0 Å². The summed E-state index contributed by atoms with van der Waals surface area (Å²) in [6.07, 6.45) is 32.7. The summed E-state index contributed by atoms with van der Waals surface area (Å²) in [6, 6.07) is 0. The molecule has 2 aliphatic heterocycles. The minimum absolute atomic E-state index is 0.00757. The summed E-state index contributed by atoms with van der Waals surface area (Å²) >= 11 is 0. The molecule has 3 rings (SSSR count). The summed E-state index contributed by atoms with van der Waals surface area (Å²) in [5, 5.41) is 102. The largest absolute Gasteiger partial charge is 0.472 e. The summed E-state index contributed by atoms with van der Waals surface area (Å²) in [5.41, 5.74) is 0. The van der Waals surface area contributed by atoms with Crippen LogP contribution in [0, 0.1) is 0 Å². The number of aliphatic hydroxyl groups excluding tert-OH is 9. The van der Waals surface area contributed by atoms with Gasteiger partial charge >= 0.3 is 31.7 Å². The Bertz CT molecular complexity index is 2600. The molecule has 2 saturated heterocycles. The van der Waals surface area contributed by atoms with Crippen LogP contribution in [0.25, 0.3) is 0 Å². The normalized spacial score (nSPS) is 25.1. The third-order valence-electron chi connectivity index (χ3n) is 22.8. The Morgan fingerprint density at radius 1 is 0.331 bits per heavy atom. The number of esters is 4. The molecule has 2 heterocycles. The molecule has 3 aliphatic rings. The van der Waals surface area contributed by atoms with Crippen molar-refractivity contribution in [2.45, 2.75) is 498 Å². The molecule has 0 aromatic heterocycles. The Labute approximate surface area is 710 Å². The number of aliphatic hydroxyl groups is 9. The maximum absolute atomic E-state index is 14.9. The molecule has 118 heavy (non-hydrogen) atoms. The summed E-state index contributed by atoms with van der Waals surface area (Å²) in [4.78, 5) is 66.5. The Morgan fingerprint density at radius 2 is 0.636 bits per heavy atom. The number of unbranched alkanes of at least 4 members (excludes halogenated alkanes) is 46. The lowest BCUT2D eigenvalue weighted by molar-refractivity contribution is -0.360. The Kier molecular flexibility index (Phi) is 65.4. The second kappa shape index (κ2) is 70.9. The van der Waals surface area contributed by atoms with Crippen molar-refractivity contribution < 1.29 is 122 Å². The molecule has 1 aliphatic carbocycles. The fourth-order valence-corrected chi connectivity index (χ4v) is 16.3. The number of hydrogen-bond acceptors (Lipinski definition) is 24. The van der Waals surface area contributed by atoms with Crippen molar-refractivity contribution >= 4 is 31.7 Å². The molecular formula is C92H167O25P. The van der Waals surface area contributed by atoms with Gasteiger partial charge in [0, 0.05) is 25.7 Å². The van der Waals surface area contributed by atoms with Crippen LogP contribution in [0.15, 0.2) is 36.5 Å². The molecule has 690 valence electrons. The quantitative estimate of drug-likeness (QED) is 0.00889. The highest BCUT2D eigenvalue weighted by Gasteiger charge is 2.60. The van der Waals surface area contributed by atoms with Crippen molar-refractivity contribution in [2.24, 2.45) is 0 Å². The van der Waals surface area contributed by atoms with Crippen LogP contribution in [0.2, 0.25) is 0 Å². The van der Waals surface area contributed by atoms with E-state index in [2.05, 4.69) is 64.2 Å². The Morgan fingerprint density at radius 3 is 1.03 bits per heavy atom. The van der Waals surface area contributed by atoms with Crippen molar-refractivity contribution in [3.63, 3.8) is 0 Å². The molecule has 0 bridgehead atoms. The fourth-order valence-electron chi connectivity index (χ4n) is 15.3. The molecule has 18 atom stereocenters. The van der Waals surface area contributed by atoms with Crippen molar-refractivity contribution in [3.8, 4) is 0 Å². The molecule has 18 unspecified atom stereocenters. The zero-order chi connectivity index (χ0) is 86.1. The van der Waals surface area contributed by atoms with E-state index < -0.39 is 162 Å². The molecule has 1 saturated carbocycles.